The molecule has 2 rings (SSSR count). The first-order chi connectivity index (χ1) is 7.54. The van der Waals surface area contributed by atoms with Gasteiger partial charge in [0.1, 0.15) is 0 Å². The smallest absolute Gasteiger partial charge is 0.227 e. The number of hydrogen-bond donors (Lipinski definition) is 0. The van der Waals surface area contributed by atoms with Crippen LogP contribution in [0.2, 0.25) is 0 Å². The van der Waals surface area contributed by atoms with E-state index in [0.29, 0.717) is 6.42 Å². The molecule has 1 saturated heterocycles. The van der Waals surface area contributed by atoms with E-state index in [2.05, 4.69) is 11.7 Å². The fourth-order valence-electron chi connectivity index (χ4n) is 2.26. The van der Waals surface area contributed by atoms with E-state index in [4.69, 9.17) is 0 Å². The number of hydrogen-bond acceptors (Lipinski definition) is 2. The van der Waals surface area contributed by atoms with Crippen LogP contribution in [0.1, 0.15) is 17.8 Å². The van der Waals surface area contributed by atoms with Crippen molar-refractivity contribution in [3.8, 4) is 0 Å². The van der Waals surface area contributed by atoms with Crippen LogP contribution in [-0.4, -0.2) is 22.2 Å². The Bertz CT molecular complexity index is 447. The molecule has 1 aromatic heterocycles. The second-order valence-electron chi connectivity index (χ2n) is 4.35. The average Bonchev–Trinajstić information content (AvgIpc) is 2.70. The topological polar surface area (TPSA) is 38.1 Å². The Balaban J connectivity index is 2.38. The van der Waals surface area contributed by atoms with Gasteiger partial charge in [-0.25, -0.2) is 0 Å². The molecule has 1 unspecified atom stereocenters. The molecule has 1 atom stereocenters. The molecule has 2 heterocycles. The van der Waals surface area contributed by atoms with Crippen LogP contribution in [0, 0.1) is 19.8 Å². The molecule has 0 saturated carbocycles. The monoisotopic (exact) mass is 219 g/mol. The summed E-state index contributed by atoms with van der Waals surface area (Å²) < 4.78 is 1.82. The van der Waals surface area contributed by atoms with Gasteiger partial charge in [0.25, 0.3) is 0 Å². The van der Waals surface area contributed by atoms with Crippen molar-refractivity contribution >= 4 is 11.6 Å². The zero-order valence-electron chi connectivity index (χ0n) is 10.0. The minimum atomic E-state index is 0.170. The Kier molecular flexibility index (Phi) is 2.58. The van der Waals surface area contributed by atoms with Crippen molar-refractivity contribution in [3.63, 3.8) is 0 Å². The van der Waals surface area contributed by atoms with Gasteiger partial charge in [0.2, 0.25) is 5.91 Å². The predicted octanol–water partition coefficient (Wildman–Crippen LogP) is 1.58. The highest BCUT2D eigenvalue weighted by molar-refractivity contribution is 5.97. The van der Waals surface area contributed by atoms with Gasteiger partial charge in [-0.1, -0.05) is 6.08 Å². The fraction of sp³-hybridized carbons (Fsp3) is 0.500. The van der Waals surface area contributed by atoms with E-state index in [0.717, 1.165) is 23.6 Å². The van der Waals surface area contributed by atoms with Gasteiger partial charge in [-0.15, -0.1) is 6.58 Å². The summed E-state index contributed by atoms with van der Waals surface area (Å²) in [5, 5.41) is 4.34. The number of rotatable bonds is 2. The Labute approximate surface area is 95.5 Å². The van der Waals surface area contributed by atoms with E-state index < -0.39 is 0 Å². The van der Waals surface area contributed by atoms with Crippen molar-refractivity contribution in [2.75, 3.05) is 11.4 Å². The summed E-state index contributed by atoms with van der Waals surface area (Å²) in [5.41, 5.74) is 2.92. The molecule has 16 heavy (non-hydrogen) atoms. The van der Waals surface area contributed by atoms with Crippen molar-refractivity contribution in [2.45, 2.75) is 20.3 Å². The SMILES string of the molecule is C=CC1CC(=O)N(c2c(C)nn(C)c2C)C1. The Morgan fingerprint density at radius 2 is 2.19 bits per heavy atom. The lowest BCUT2D eigenvalue weighted by Gasteiger charge is -2.16. The summed E-state index contributed by atoms with van der Waals surface area (Å²) >= 11 is 0. The highest BCUT2D eigenvalue weighted by atomic mass is 16.2. The van der Waals surface area contributed by atoms with Crippen LogP contribution in [0.15, 0.2) is 12.7 Å². The first-order valence-electron chi connectivity index (χ1n) is 5.47. The highest BCUT2D eigenvalue weighted by Gasteiger charge is 2.31. The third-order valence-electron chi connectivity index (χ3n) is 3.23. The van der Waals surface area contributed by atoms with Crippen LogP contribution >= 0.6 is 0 Å². The molecule has 4 heteroatoms. The Morgan fingerprint density at radius 1 is 1.50 bits per heavy atom. The molecular weight excluding hydrogens is 202 g/mol. The highest BCUT2D eigenvalue weighted by Crippen LogP contribution is 2.30. The van der Waals surface area contributed by atoms with Crippen LogP contribution in [0.25, 0.3) is 0 Å². The summed E-state index contributed by atoms with van der Waals surface area (Å²) in [4.78, 5) is 13.7. The minimum absolute atomic E-state index is 0.170. The normalized spacial score (nSPS) is 20.6. The number of carbonyl (C=O) groups excluding carboxylic acids is 1. The van der Waals surface area contributed by atoms with E-state index in [1.165, 1.54) is 0 Å². The summed E-state index contributed by atoms with van der Waals surface area (Å²) in [6, 6.07) is 0. The Morgan fingerprint density at radius 3 is 2.62 bits per heavy atom. The lowest BCUT2D eigenvalue weighted by atomic mass is 10.1. The summed E-state index contributed by atoms with van der Waals surface area (Å²) in [6.45, 7) is 8.42. The minimum Gasteiger partial charge on any atom is -0.308 e. The maximum Gasteiger partial charge on any atom is 0.227 e. The van der Waals surface area contributed by atoms with Gasteiger partial charge in [0.15, 0.2) is 0 Å². The largest absolute Gasteiger partial charge is 0.308 e. The van der Waals surface area contributed by atoms with Crippen LogP contribution in [0.3, 0.4) is 0 Å². The average molecular weight is 219 g/mol. The van der Waals surface area contributed by atoms with Crippen molar-refractivity contribution in [2.24, 2.45) is 13.0 Å². The molecule has 1 aliphatic rings. The summed E-state index contributed by atoms with van der Waals surface area (Å²) in [5.74, 6) is 0.440. The number of nitrogens with zero attached hydrogens (tertiary/aromatic N) is 3. The summed E-state index contributed by atoms with van der Waals surface area (Å²) in [6.07, 6.45) is 2.43. The molecular formula is C12H17N3O. The molecule has 0 aromatic carbocycles. The molecule has 0 aliphatic carbocycles. The van der Waals surface area contributed by atoms with E-state index >= 15 is 0 Å². The van der Waals surface area contributed by atoms with Gasteiger partial charge in [-0.2, -0.15) is 5.10 Å². The van der Waals surface area contributed by atoms with Crippen molar-refractivity contribution < 1.29 is 4.79 Å². The lowest BCUT2D eigenvalue weighted by Crippen LogP contribution is -2.25. The second kappa shape index (κ2) is 3.77. The fourth-order valence-corrected chi connectivity index (χ4v) is 2.26. The van der Waals surface area contributed by atoms with Crippen molar-refractivity contribution in [1.29, 1.82) is 0 Å². The lowest BCUT2D eigenvalue weighted by molar-refractivity contribution is -0.117. The number of carbonyl (C=O) groups is 1. The Hall–Kier alpha value is -1.58. The zero-order valence-corrected chi connectivity index (χ0v) is 10.0. The number of amides is 1. The molecule has 1 fully saturated rings. The van der Waals surface area contributed by atoms with E-state index in [-0.39, 0.29) is 11.8 Å². The number of aryl methyl sites for hydroxylation is 2. The van der Waals surface area contributed by atoms with Crippen molar-refractivity contribution in [3.05, 3.63) is 24.0 Å². The van der Waals surface area contributed by atoms with Gasteiger partial charge in [-0.3, -0.25) is 9.48 Å². The van der Waals surface area contributed by atoms with Crippen LogP contribution in [0.4, 0.5) is 5.69 Å². The maximum absolute atomic E-state index is 11.9. The first kappa shape index (κ1) is 10.9. The van der Waals surface area contributed by atoms with Gasteiger partial charge in [0.05, 0.1) is 17.1 Å². The molecule has 0 bridgehead atoms. The van der Waals surface area contributed by atoms with Crippen LogP contribution in [0.5, 0.6) is 0 Å². The van der Waals surface area contributed by atoms with Crippen molar-refractivity contribution in [1.82, 2.24) is 9.78 Å². The molecule has 0 spiro atoms. The van der Waals surface area contributed by atoms with E-state index in [1.54, 1.807) is 0 Å². The van der Waals surface area contributed by atoms with Gasteiger partial charge >= 0.3 is 0 Å². The van der Waals surface area contributed by atoms with Gasteiger partial charge < -0.3 is 4.90 Å². The van der Waals surface area contributed by atoms with Gasteiger partial charge in [-0.05, 0) is 13.8 Å². The molecule has 4 nitrogen and oxygen atoms in total. The molecule has 1 amide bonds. The first-order valence-corrected chi connectivity index (χ1v) is 5.47. The molecule has 0 N–H and O–H groups in total. The van der Waals surface area contributed by atoms with Crippen LogP contribution < -0.4 is 4.90 Å². The third kappa shape index (κ3) is 1.54. The third-order valence-corrected chi connectivity index (χ3v) is 3.23. The summed E-state index contributed by atoms with van der Waals surface area (Å²) in [7, 11) is 1.90. The van der Waals surface area contributed by atoms with Crippen LogP contribution in [-0.2, 0) is 11.8 Å². The van der Waals surface area contributed by atoms with Gasteiger partial charge in [0, 0.05) is 25.9 Å². The maximum atomic E-state index is 11.9. The van der Waals surface area contributed by atoms with E-state index in [1.807, 2.05) is 36.6 Å². The second-order valence-corrected chi connectivity index (χ2v) is 4.35. The molecule has 0 radical (unpaired) electrons. The molecule has 1 aliphatic heterocycles. The molecule has 86 valence electrons. The quantitative estimate of drug-likeness (QED) is 0.708. The number of anilines is 1. The zero-order chi connectivity index (χ0) is 11.9. The van der Waals surface area contributed by atoms with E-state index in [9.17, 15) is 4.79 Å². The predicted molar refractivity (Wildman–Crippen MR) is 63.3 cm³/mol. The standard InChI is InChI=1S/C12H17N3O/c1-5-10-6-11(16)15(7-10)12-8(2)13-14(4)9(12)3/h5,10H,1,6-7H2,2-4H3. The number of aromatic nitrogens is 2. The molecule has 1 aromatic rings.